The lowest BCUT2D eigenvalue weighted by atomic mass is 10.1. The fraction of sp³-hybridized carbons (Fsp3) is 0.444. The molecule has 4 nitrogen and oxygen atoms in total. The van der Waals surface area contributed by atoms with Crippen LogP contribution in [0.25, 0.3) is 6.08 Å². The van der Waals surface area contributed by atoms with Gasteiger partial charge in [0.25, 0.3) is 5.91 Å². The Morgan fingerprint density at radius 2 is 1.88 bits per heavy atom. The van der Waals surface area contributed by atoms with Crippen LogP contribution < -0.4 is 14.8 Å². The zero-order valence-electron chi connectivity index (χ0n) is 14.1. The molecule has 1 saturated heterocycles. The van der Waals surface area contributed by atoms with E-state index in [1.165, 1.54) is 11.8 Å². The lowest BCUT2D eigenvalue weighted by Crippen LogP contribution is -2.17. The maximum Gasteiger partial charge on any atom is 0.263 e. The van der Waals surface area contributed by atoms with Crippen LogP contribution in [0.3, 0.4) is 0 Å². The van der Waals surface area contributed by atoms with Gasteiger partial charge in [-0.25, -0.2) is 0 Å². The summed E-state index contributed by atoms with van der Waals surface area (Å²) in [7, 11) is 0. The van der Waals surface area contributed by atoms with Crippen molar-refractivity contribution in [3.63, 3.8) is 0 Å². The second-order valence-corrected chi connectivity index (χ2v) is 7.17. The normalized spacial score (nSPS) is 15.7. The van der Waals surface area contributed by atoms with Crippen LogP contribution in [0.15, 0.2) is 23.1 Å². The molecule has 2 rings (SSSR count). The van der Waals surface area contributed by atoms with Gasteiger partial charge >= 0.3 is 0 Å². The number of hydrogen-bond donors (Lipinski definition) is 1. The third-order valence-electron chi connectivity index (χ3n) is 3.43. The zero-order chi connectivity index (χ0) is 17.4. The first-order valence-electron chi connectivity index (χ1n) is 8.28. The van der Waals surface area contributed by atoms with E-state index in [9.17, 15) is 4.79 Å². The third kappa shape index (κ3) is 5.53. The van der Waals surface area contributed by atoms with Gasteiger partial charge < -0.3 is 14.8 Å². The van der Waals surface area contributed by atoms with E-state index in [0.29, 0.717) is 22.4 Å². The Hall–Kier alpha value is -1.53. The molecule has 0 bridgehead atoms. The number of thiocarbonyl (C=S) groups is 1. The van der Waals surface area contributed by atoms with Crippen LogP contribution in [0.4, 0.5) is 0 Å². The van der Waals surface area contributed by atoms with Gasteiger partial charge in [-0.15, -0.1) is 0 Å². The van der Waals surface area contributed by atoms with Crippen molar-refractivity contribution in [3.8, 4) is 11.5 Å². The molecule has 1 amide bonds. The van der Waals surface area contributed by atoms with Gasteiger partial charge in [-0.1, -0.05) is 50.7 Å². The summed E-state index contributed by atoms with van der Waals surface area (Å²) in [6.45, 7) is 5.59. The van der Waals surface area contributed by atoms with Crippen LogP contribution in [0.5, 0.6) is 11.5 Å². The van der Waals surface area contributed by atoms with Crippen molar-refractivity contribution in [1.82, 2.24) is 5.32 Å². The Morgan fingerprint density at radius 1 is 1.17 bits per heavy atom. The topological polar surface area (TPSA) is 47.6 Å². The third-order valence-corrected chi connectivity index (χ3v) is 4.59. The van der Waals surface area contributed by atoms with Gasteiger partial charge in [-0.05, 0) is 37.1 Å². The van der Waals surface area contributed by atoms with Crippen LogP contribution >= 0.6 is 24.0 Å². The second-order valence-electron chi connectivity index (χ2n) is 5.46. The van der Waals surface area contributed by atoms with Crippen molar-refractivity contribution in [1.29, 1.82) is 0 Å². The van der Waals surface area contributed by atoms with Gasteiger partial charge in [-0.3, -0.25) is 4.79 Å². The van der Waals surface area contributed by atoms with E-state index >= 15 is 0 Å². The molecule has 1 aliphatic heterocycles. The Bertz CT molecular complexity index is 629. The average Bonchev–Trinajstić information content (AvgIpc) is 2.87. The quantitative estimate of drug-likeness (QED) is 0.396. The number of nitrogens with one attached hydrogen (secondary N) is 1. The smallest absolute Gasteiger partial charge is 0.263 e. The van der Waals surface area contributed by atoms with Gasteiger partial charge in [0, 0.05) is 5.56 Å². The molecule has 1 aliphatic rings. The molecular weight excluding hydrogens is 342 g/mol. The Balaban J connectivity index is 2.22. The van der Waals surface area contributed by atoms with E-state index in [2.05, 4.69) is 19.2 Å². The average molecular weight is 366 g/mol. The molecule has 1 heterocycles. The molecule has 0 spiro atoms. The predicted molar refractivity (Wildman–Crippen MR) is 104 cm³/mol. The SMILES string of the molecule is CCCCOc1ccc(OCCCC)c(C=C2SC(=S)NC2=O)c1. The van der Waals surface area contributed by atoms with Crippen LogP contribution in [0, 0.1) is 0 Å². The fourth-order valence-corrected chi connectivity index (χ4v) is 3.12. The number of benzene rings is 1. The number of hydrogen-bond acceptors (Lipinski definition) is 5. The van der Waals surface area contributed by atoms with Crippen molar-refractivity contribution in [3.05, 3.63) is 28.7 Å². The maximum absolute atomic E-state index is 11.9. The lowest BCUT2D eigenvalue weighted by Gasteiger charge is -2.12. The van der Waals surface area contributed by atoms with E-state index in [1.807, 2.05) is 24.3 Å². The highest BCUT2D eigenvalue weighted by atomic mass is 32.2. The predicted octanol–water partition coefficient (Wildman–Crippen LogP) is 4.53. The largest absolute Gasteiger partial charge is 0.494 e. The highest BCUT2D eigenvalue weighted by Crippen LogP contribution is 2.31. The van der Waals surface area contributed by atoms with Crippen LogP contribution in [-0.4, -0.2) is 23.4 Å². The van der Waals surface area contributed by atoms with Crippen molar-refractivity contribution in [2.24, 2.45) is 0 Å². The molecule has 0 atom stereocenters. The second kappa shape index (κ2) is 9.69. The molecule has 1 fully saturated rings. The number of carbonyl (C=O) groups excluding carboxylic acids is 1. The molecule has 0 unspecified atom stereocenters. The number of thioether (sulfide) groups is 1. The molecule has 0 aliphatic carbocycles. The Labute approximate surface area is 153 Å². The van der Waals surface area contributed by atoms with Crippen molar-refractivity contribution >= 4 is 40.3 Å². The van der Waals surface area contributed by atoms with Crippen molar-refractivity contribution < 1.29 is 14.3 Å². The highest BCUT2D eigenvalue weighted by molar-refractivity contribution is 8.26. The van der Waals surface area contributed by atoms with E-state index in [0.717, 1.165) is 42.7 Å². The fourth-order valence-electron chi connectivity index (χ4n) is 2.08. The summed E-state index contributed by atoms with van der Waals surface area (Å²) in [6, 6.07) is 5.73. The van der Waals surface area contributed by atoms with Gasteiger partial charge in [0.15, 0.2) is 0 Å². The maximum atomic E-state index is 11.9. The number of carbonyl (C=O) groups is 1. The number of ether oxygens (including phenoxy) is 2. The molecular formula is C18H23NO3S2. The first-order valence-corrected chi connectivity index (χ1v) is 9.51. The van der Waals surface area contributed by atoms with Crippen LogP contribution in [-0.2, 0) is 4.79 Å². The molecule has 0 aromatic heterocycles. The summed E-state index contributed by atoms with van der Waals surface area (Å²) in [4.78, 5) is 12.5. The van der Waals surface area contributed by atoms with Crippen molar-refractivity contribution in [2.45, 2.75) is 39.5 Å². The number of rotatable bonds is 9. The Morgan fingerprint density at radius 3 is 2.50 bits per heavy atom. The molecule has 1 N–H and O–H groups in total. The summed E-state index contributed by atoms with van der Waals surface area (Å²) in [6.07, 6.45) is 5.97. The van der Waals surface area contributed by atoms with E-state index in [-0.39, 0.29) is 5.91 Å². The van der Waals surface area contributed by atoms with E-state index < -0.39 is 0 Å². The highest BCUT2D eigenvalue weighted by Gasteiger charge is 2.22. The van der Waals surface area contributed by atoms with Gasteiger partial charge in [0.05, 0.1) is 18.1 Å². The summed E-state index contributed by atoms with van der Waals surface area (Å²) in [5.74, 6) is 1.37. The summed E-state index contributed by atoms with van der Waals surface area (Å²) in [5.41, 5.74) is 0.836. The van der Waals surface area contributed by atoms with Gasteiger partial charge in [-0.2, -0.15) is 0 Å². The van der Waals surface area contributed by atoms with E-state index in [1.54, 1.807) is 0 Å². The summed E-state index contributed by atoms with van der Waals surface area (Å²) in [5, 5.41) is 2.63. The molecule has 6 heteroatoms. The lowest BCUT2D eigenvalue weighted by molar-refractivity contribution is -0.115. The number of unbranched alkanes of at least 4 members (excludes halogenated alkanes) is 2. The molecule has 0 radical (unpaired) electrons. The summed E-state index contributed by atoms with van der Waals surface area (Å²) < 4.78 is 12.1. The molecule has 24 heavy (non-hydrogen) atoms. The van der Waals surface area contributed by atoms with Crippen LogP contribution in [0.2, 0.25) is 0 Å². The minimum Gasteiger partial charge on any atom is -0.494 e. The molecule has 1 aromatic rings. The van der Waals surface area contributed by atoms with E-state index in [4.69, 9.17) is 21.7 Å². The minimum absolute atomic E-state index is 0.165. The Kier molecular flexibility index (Phi) is 7.59. The van der Waals surface area contributed by atoms with Gasteiger partial charge in [0.1, 0.15) is 15.8 Å². The molecule has 130 valence electrons. The van der Waals surface area contributed by atoms with Gasteiger partial charge in [0.2, 0.25) is 0 Å². The summed E-state index contributed by atoms with van der Waals surface area (Å²) >= 11 is 6.31. The monoisotopic (exact) mass is 365 g/mol. The van der Waals surface area contributed by atoms with Crippen molar-refractivity contribution in [2.75, 3.05) is 13.2 Å². The first-order chi connectivity index (χ1) is 11.6. The standard InChI is InChI=1S/C18H23NO3S2/c1-3-5-9-21-14-7-8-15(22-10-6-4-2)13(11-14)12-16-17(20)19-18(23)24-16/h7-8,11-12H,3-6,9-10H2,1-2H3,(H,19,20,23). The van der Waals surface area contributed by atoms with Crippen LogP contribution in [0.1, 0.15) is 45.1 Å². The number of amides is 1. The molecule has 0 saturated carbocycles. The minimum atomic E-state index is -0.165. The zero-order valence-corrected chi connectivity index (χ0v) is 15.7. The first kappa shape index (κ1) is 18.8. The molecule has 1 aromatic carbocycles.